The number of hydrogen-bond acceptors (Lipinski definition) is 4. The van der Waals surface area contributed by atoms with E-state index in [1.165, 1.54) is 11.1 Å². The number of hydrogen-bond donors (Lipinski definition) is 1. The Hall–Kier alpha value is -1.72. The van der Waals surface area contributed by atoms with Crippen molar-refractivity contribution in [2.75, 3.05) is 20.6 Å². The number of nitrogens with zero attached hydrogens (tertiary/aromatic N) is 2. The first-order chi connectivity index (χ1) is 11.0. The largest absolute Gasteiger partial charge is 0.354 e. The van der Waals surface area contributed by atoms with Gasteiger partial charge in [0.1, 0.15) is 0 Å². The predicted octanol–water partition coefficient (Wildman–Crippen LogP) is 2.98. The van der Waals surface area contributed by atoms with Gasteiger partial charge >= 0.3 is 0 Å². The van der Waals surface area contributed by atoms with Crippen LogP contribution < -0.4 is 5.32 Å². The average molecular weight is 331 g/mol. The van der Waals surface area contributed by atoms with E-state index in [0.717, 1.165) is 17.1 Å². The molecule has 0 aliphatic carbocycles. The van der Waals surface area contributed by atoms with E-state index in [2.05, 4.69) is 46.4 Å². The minimum Gasteiger partial charge on any atom is -0.354 e. The number of carbonyl (C=O) groups is 1. The lowest BCUT2D eigenvalue weighted by molar-refractivity contribution is -0.120. The number of aryl methyl sites for hydroxylation is 2. The number of carbonyl (C=O) groups excluding carboxylic acids is 1. The topological polar surface area (TPSA) is 45.2 Å². The van der Waals surface area contributed by atoms with Crippen molar-refractivity contribution in [1.82, 2.24) is 15.2 Å². The molecule has 0 saturated carbocycles. The van der Waals surface area contributed by atoms with Crippen molar-refractivity contribution in [3.05, 3.63) is 51.5 Å². The molecular weight excluding hydrogens is 306 g/mol. The molecule has 0 aliphatic rings. The van der Waals surface area contributed by atoms with Crippen LogP contribution >= 0.6 is 11.3 Å². The maximum absolute atomic E-state index is 12.1. The van der Waals surface area contributed by atoms with Gasteiger partial charge in [0.2, 0.25) is 5.91 Å². The number of likely N-dealkylation sites (N-methyl/N-ethyl adjacent to an activating group) is 1. The van der Waals surface area contributed by atoms with Gasteiger partial charge in [-0.3, -0.25) is 4.79 Å². The van der Waals surface area contributed by atoms with Gasteiger partial charge in [0.25, 0.3) is 0 Å². The number of thiazole rings is 1. The lowest BCUT2D eigenvalue weighted by atomic mass is 10.0. The predicted molar refractivity (Wildman–Crippen MR) is 95.8 cm³/mol. The minimum atomic E-state index is 0.0207. The van der Waals surface area contributed by atoms with Crippen LogP contribution in [0.4, 0.5) is 0 Å². The number of nitrogens with one attached hydrogen (secondary N) is 1. The summed E-state index contributed by atoms with van der Waals surface area (Å²) < 4.78 is 0. The van der Waals surface area contributed by atoms with Crippen molar-refractivity contribution in [2.45, 2.75) is 32.7 Å². The molecule has 0 spiro atoms. The SMILES string of the molecule is CCc1ccc(C(CNC(=O)Cc2csc(C)n2)N(C)C)cc1. The molecular formula is C18H25N3OS. The van der Waals surface area contributed by atoms with E-state index >= 15 is 0 Å². The Bertz CT molecular complexity index is 634. The summed E-state index contributed by atoms with van der Waals surface area (Å²) in [7, 11) is 4.07. The van der Waals surface area contributed by atoms with Crippen LogP contribution in [0.1, 0.15) is 34.8 Å². The highest BCUT2D eigenvalue weighted by molar-refractivity contribution is 7.09. The van der Waals surface area contributed by atoms with E-state index in [-0.39, 0.29) is 11.9 Å². The normalized spacial score (nSPS) is 12.4. The van der Waals surface area contributed by atoms with Gasteiger partial charge in [0, 0.05) is 11.9 Å². The van der Waals surface area contributed by atoms with Gasteiger partial charge in [-0.15, -0.1) is 11.3 Å². The number of amides is 1. The van der Waals surface area contributed by atoms with Crippen LogP contribution in [0.25, 0.3) is 0 Å². The Morgan fingerprint density at radius 1 is 1.30 bits per heavy atom. The highest BCUT2D eigenvalue weighted by Crippen LogP contribution is 2.18. The van der Waals surface area contributed by atoms with Crippen LogP contribution in [0.5, 0.6) is 0 Å². The van der Waals surface area contributed by atoms with Crippen molar-refractivity contribution in [2.24, 2.45) is 0 Å². The fraction of sp³-hybridized carbons (Fsp3) is 0.444. The van der Waals surface area contributed by atoms with Gasteiger partial charge < -0.3 is 10.2 Å². The van der Waals surface area contributed by atoms with Gasteiger partial charge in [-0.05, 0) is 38.6 Å². The molecule has 0 fully saturated rings. The fourth-order valence-corrected chi connectivity index (χ4v) is 3.11. The average Bonchev–Trinajstić information content (AvgIpc) is 2.92. The quantitative estimate of drug-likeness (QED) is 0.848. The molecule has 5 heteroatoms. The lowest BCUT2D eigenvalue weighted by Gasteiger charge is -2.25. The second kappa shape index (κ2) is 8.22. The van der Waals surface area contributed by atoms with Crippen molar-refractivity contribution >= 4 is 17.2 Å². The molecule has 1 atom stereocenters. The van der Waals surface area contributed by atoms with Crippen LogP contribution in [0.15, 0.2) is 29.6 Å². The van der Waals surface area contributed by atoms with Crippen molar-refractivity contribution in [3.63, 3.8) is 0 Å². The molecule has 0 radical (unpaired) electrons. The number of benzene rings is 1. The molecule has 2 aromatic rings. The summed E-state index contributed by atoms with van der Waals surface area (Å²) in [5, 5.41) is 5.97. The molecule has 0 bridgehead atoms. The zero-order valence-corrected chi connectivity index (χ0v) is 15.1. The zero-order chi connectivity index (χ0) is 16.8. The number of rotatable bonds is 7. The second-order valence-electron chi connectivity index (χ2n) is 5.91. The third-order valence-electron chi connectivity index (χ3n) is 3.90. The van der Waals surface area contributed by atoms with Crippen LogP contribution in [0.3, 0.4) is 0 Å². The standard InChI is InChI=1S/C18H25N3OS/c1-5-14-6-8-15(9-7-14)17(21(3)4)11-19-18(22)10-16-12-23-13(2)20-16/h6-9,12,17H,5,10-11H2,1-4H3,(H,19,22). The molecule has 1 N–H and O–H groups in total. The monoisotopic (exact) mass is 331 g/mol. The molecule has 0 saturated heterocycles. The summed E-state index contributed by atoms with van der Waals surface area (Å²) in [6.45, 7) is 4.70. The third-order valence-corrected chi connectivity index (χ3v) is 4.72. The van der Waals surface area contributed by atoms with E-state index in [1.807, 2.05) is 26.4 Å². The van der Waals surface area contributed by atoms with Crippen LogP contribution in [-0.2, 0) is 17.6 Å². The van der Waals surface area contributed by atoms with Crippen molar-refractivity contribution in [3.8, 4) is 0 Å². The van der Waals surface area contributed by atoms with E-state index < -0.39 is 0 Å². The highest BCUT2D eigenvalue weighted by atomic mass is 32.1. The summed E-state index contributed by atoms with van der Waals surface area (Å²) in [4.78, 5) is 18.6. The van der Waals surface area contributed by atoms with Gasteiger partial charge in [0.15, 0.2) is 0 Å². The van der Waals surface area contributed by atoms with Gasteiger partial charge in [-0.2, -0.15) is 0 Å². The highest BCUT2D eigenvalue weighted by Gasteiger charge is 2.15. The van der Waals surface area contributed by atoms with Gasteiger partial charge in [-0.1, -0.05) is 31.2 Å². The maximum atomic E-state index is 12.1. The Labute approximate surface area is 142 Å². The summed E-state index contributed by atoms with van der Waals surface area (Å²) in [6.07, 6.45) is 1.38. The number of aromatic nitrogens is 1. The first-order valence-electron chi connectivity index (χ1n) is 7.92. The van der Waals surface area contributed by atoms with Crippen LogP contribution in [-0.4, -0.2) is 36.4 Å². The molecule has 124 valence electrons. The molecule has 1 heterocycles. The molecule has 4 nitrogen and oxygen atoms in total. The molecule has 23 heavy (non-hydrogen) atoms. The first-order valence-corrected chi connectivity index (χ1v) is 8.80. The van der Waals surface area contributed by atoms with Crippen molar-refractivity contribution in [1.29, 1.82) is 0 Å². The Balaban J connectivity index is 1.94. The van der Waals surface area contributed by atoms with E-state index in [4.69, 9.17) is 0 Å². The second-order valence-corrected chi connectivity index (χ2v) is 6.98. The molecule has 0 aliphatic heterocycles. The third kappa shape index (κ3) is 5.15. The maximum Gasteiger partial charge on any atom is 0.226 e. The Morgan fingerprint density at radius 3 is 2.52 bits per heavy atom. The van der Waals surface area contributed by atoms with E-state index in [9.17, 15) is 4.79 Å². The van der Waals surface area contributed by atoms with Gasteiger partial charge in [0.05, 0.1) is 23.2 Å². The molecule has 2 rings (SSSR count). The smallest absolute Gasteiger partial charge is 0.226 e. The van der Waals surface area contributed by atoms with Crippen molar-refractivity contribution < 1.29 is 4.79 Å². The molecule has 1 unspecified atom stereocenters. The summed E-state index contributed by atoms with van der Waals surface area (Å²) in [5.41, 5.74) is 3.39. The van der Waals surface area contributed by atoms with E-state index in [1.54, 1.807) is 11.3 Å². The Kier molecular flexibility index (Phi) is 6.30. The van der Waals surface area contributed by atoms with Gasteiger partial charge in [-0.25, -0.2) is 4.98 Å². The van der Waals surface area contributed by atoms with Crippen LogP contribution in [0, 0.1) is 6.92 Å². The molecule has 1 aromatic heterocycles. The fourth-order valence-electron chi connectivity index (χ4n) is 2.50. The first kappa shape index (κ1) is 17.6. The lowest BCUT2D eigenvalue weighted by Crippen LogP contribution is -2.35. The zero-order valence-electron chi connectivity index (χ0n) is 14.3. The summed E-state index contributed by atoms with van der Waals surface area (Å²) in [5.74, 6) is 0.0207. The molecule has 1 aromatic carbocycles. The minimum absolute atomic E-state index is 0.0207. The molecule has 1 amide bonds. The van der Waals surface area contributed by atoms with E-state index in [0.29, 0.717) is 13.0 Å². The van der Waals surface area contributed by atoms with Crippen LogP contribution in [0.2, 0.25) is 0 Å². The Morgan fingerprint density at radius 2 is 2.00 bits per heavy atom. The summed E-state index contributed by atoms with van der Waals surface area (Å²) in [6, 6.07) is 8.79. The summed E-state index contributed by atoms with van der Waals surface area (Å²) >= 11 is 1.58.